The van der Waals surface area contributed by atoms with Crippen LogP contribution in [0.15, 0.2) is 30.0 Å². The van der Waals surface area contributed by atoms with E-state index in [2.05, 4.69) is 10.6 Å². The van der Waals surface area contributed by atoms with Crippen LogP contribution in [-0.2, 0) is 4.79 Å². The average Bonchev–Trinajstić information content (AvgIpc) is 2.41. The van der Waals surface area contributed by atoms with Crippen LogP contribution in [0.1, 0.15) is 13.8 Å². The number of amides is 1. The van der Waals surface area contributed by atoms with Gasteiger partial charge >= 0.3 is 0 Å². The topological polar surface area (TPSA) is 64.9 Å². The molecule has 1 rings (SSSR count). The molecular formula is C14H15Cl2N3O. The normalized spacial score (nSPS) is 11.1. The van der Waals surface area contributed by atoms with E-state index in [-0.39, 0.29) is 5.57 Å². The van der Waals surface area contributed by atoms with E-state index in [9.17, 15) is 4.79 Å². The average molecular weight is 312 g/mol. The molecule has 1 amide bonds. The minimum absolute atomic E-state index is 0.00303. The summed E-state index contributed by atoms with van der Waals surface area (Å²) >= 11 is 11.7. The van der Waals surface area contributed by atoms with Crippen molar-refractivity contribution in [3.8, 4) is 6.07 Å². The molecule has 106 valence electrons. The van der Waals surface area contributed by atoms with Crippen molar-refractivity contribution >= 4 is 34.8 Å². The molecule has 0 unspecified atom stereocenters. The Morgan fingerprint density at radius 3 is 2.65 bits per heavy atom. The van der Waals surface area contributed by atoms with Crippen molar-refractivity contribution in [2.24, 2.45) is 5.92 Å². The van der Waals surface area contributed by atoms with Gasteiger partial charge in [0.25, 0.3) is 5.91 Å². The Morgan fingerprint density at radius 1 is 1.40 bits per heavy atom. The van der Waals surface area contributed by atoms with Gasteiger partial charge in [-0.2, -0.15) is 5.26 Å². The van der Waals surface area contributed by atoms with Gasteiger partial charge in [-0.15, -0.1) is 0 Å². The van der Waals surface area contributed by atoms with Crippen LogP contribution in [0.2, 0.25) is 10.0 Å². The second-order valence-electron chi connectivity index (χ2n) is 4.55. The first-order chi connectivity index (χ1) is 9.43. The molecule has 0 aliphatic carbocycles. The SMILES string of the molecule is CC(C)CNC(=O)/C(C#N)=C\Nc1ccc(Cl)c(Cl)c1. The van der Waals surface area contributed by atoms with Crippen molar-refractivity contribution in [3.63, 3.8) is 0 Å². The fraction of sp³-hybridized carbons (Fsp3) is 0.286. The van der Waals surface area contributed by atoms with Crippen LogP contribution >= 0.6 is 23.2 Å². The van der Waals surface area contributed by atoms with E-state index in [1.807, 2.05) is 19.9 Å². The zero-order valence-corrected chi connectivity index (χ0v) is 12.7. The van der Waals surface area contributed by atoms with E-state index in [0.717, 1.165) is 0 Å². The lowest BCUT2D eigenvalue weighted by Crippen LogP contribution is -2.28. The zero-order chi connectivity index (χ0) is 15.1. The number of nitrogens with zero attached hydrogens (tertiary/aromatic N) is 1. The molecule has 4 nitrogen and oxygen atoms in total. The maximum atomic E-state index is 11.7. The number of carbonyl (C=O) groups is 1. The van der Waals surface area contributed by atoms with E-state index in [4.69, 9.17) is 28.5 Å². The zero-order valence-electron chi connectivity index (χ0n) is 11.2. The Morgan fingerprint density at radius 2 is 2.10 bits per heavy atom. The highest BCUT2D eigenvalue weighted by atomic mass is 35.5. The van der Waals surface area contributed by atoms with E-state index in [1.54, 1.807) is 18.2 Å². The molecule has 0 radical (unpaired) electrons. The number of nitriles is 1. The first kappa shape index (κ1) is 16.4. The lowest BCUT2D eigenvalue weighted by Gasteiger charge is -2.07. The quantitative estimate of drug-likeness (QED) is 0.645. The highest BCUT2D eigenvalue weighted by Gasteiger charge is 2.08. The molecule has 2 N–H and O–H groups in total. The Kier molecular flexibility index (Phi) is 6.37. The number of halogens is 2. The summed E-state index contributed by atoms with van der Waals surface area (Å²) in [5.41, 5.74) is 0.639. The first-order valence-electron chi connectivity index (χ1n) is 6.04. The fourth-order valence-corrected chi connectivity index (χ4v) is 1.58. The molecule has 0 heterocycles. The molecule has 0 spiro atoms. The molecule has 0 aromatic heterocycles. The Labute approximate surface area is 128 Å². The van der Waals surface area contributed by atoms with Gasteiger partial charge < -0.3 is 10.6 Å². The molecule has 0 atom stereocenters. The van der Waals surface area contributed by atoms with Crippen molar-refractivity contribution < 1.29 is 4.79 Å². The van der Waals surface area contributed by atoms with Crippen LogP contribution in [-0.4, -0.2) is 12.5 Å². The van der Waals surface area contributed by atoms with Gasteiger partial charge in [-0.05, 0) is 24.1 Å². The van der Waals surface area contributed by atoms with Gasteiger partial charge in [0.1, 0.15) is 11.6 Å². The minimum atomic E-state index is -0.409. The third-order valence-corrected chi connectivity index (χ3v) is 3.08. The second-order valence-corrected chi connectivity index (χ2v) is 5.36. The summed E-state index contributed by atoms with van der Waals surface area (Å²) in [7, 11) is 0. The number of hydrogen-bond donors (Lipinski definition) is 2. The van der Waals surface area contributed by atoms with Crippen LogP contribution in [0.4, 0.5) is 5.69 Å². The summed E-state index contributed by atoms with van der Waals surface area (Å²) in [5.74, 6) is -0.0873. The van der Waals surface area contributed by atoms with Crippen LogP contribution in [0.3, 0.4) is 0 Å². The fourth-order valence-electron chi connectivity index (χ4n) is 1.28. The van der Waals surface area contributed by atoms with Crippen LogP contribution in [0.5, 0.6) is 0 Å². The Balaban J connectivity index is 2.72. The molecule has 6 heteroatoms. The van der Waals surface area contributed by atoms with Gasteiger partial charge in [0, 0.05) is 18.4 Å². The van der Waals surface area contributed by atoms with Gasteiger partial charge in [0.15, 0.2) is 0 Å². The van der Waals surface area contributed by atoms with E-state index in [1.165, 1.54) is 6.20 Å². The number of anilines is 1. The first-order valence-corrected chi connectivity index (χ1v) is 6.79. The molecule has 0 bridgehead atoms. The smallest absolute Gasteiger partial charge is 0.263 e. The number of carbonyl (C=O) groups excluding carboxylic acids is 1. The lowest BCUT2D eigenvalue weighted by molar-refractivity contribution is -0.117. The van der Waals surface area contributed by atoms with Gasteiger partial charge in [-0.1, -0.05) is 37.0 Å². The van der Waals surface area contributed by atoms with E-state index >= 15 is 0 Å². The third-order valence-electron chi connectivity index (χ3n) is 2.34. The van der Waals surface area contributed by atoms with Crippen molar-refractivity contribution in [1.29, 1.82) is 5.26 Å². The number of nitrogens with one attached hydrogen (secondary N) is 2. The second kappa shape index (κ2) is 7.78. The summed E-state index contributed by atoms with van der Waals surface area (Å²) < 4.78 is 0. The molecule has 0 saturated carbocycles. The lowest BCUT2D eigenvalue weighted by atomic mass is 10.2. The summed E-state index contributed by atoms with van der Waals surface area (Å²) in [6.07, 6.45) is 1.34. The van der Waals surface area contributed by atoms with Crippen molar-refractivity contribution in [2.45, 2.75) is 13.8 Å². The number of hydrogen-bond acceptors (Lipinski definition) is 3. The number of benzene rings is 1. The highest BCUT2D eigenvalue weighted by molar-refractivity contribution is 6.42. The summed E-state index contributed by atoms with van der Waals surface area (Å²) in [6, 6.07) is 6.79. The summed E-state index contributed by atoms with van der Waals surface area (Å²) in [4.78, 5) is 11.7. The molecular weight excluding hydrogens is 297 g/mol. The number of rotatable bonds is 5. The standard InChI is InChI=1S/C14H15Cl2N3O/c1-9(2)7-19-14(20)10(6-17)8-18-11-3-4-12(15)13(16)5-11/h3-5,8-9,18H,7H2,1-2H3,(H,19,20)/b10-8-. The molecule has 1 aromatic rings. The van der Waals surface area contributed by atoms with Gasteiger partial charge in [0.2, 0.25) is 0 Å². The minimum Gasteiger partial charge on any atom is -0.360 e. The Bertz CT molecular complexity index is 562. The van der Waals surface area contributed by atoms with E-state index < -0.39 is 5.91 Å². The van der Waals surface area contributed by atoms with Gasteiger partial charge in [-0.25, -0.2) is 0 Å². The monoisotopic (exact) mass is 311 g/mol. The van der Waals surface area contributed by atoms with Crippen LogP contribution < -0.4 is 10.6 Å². The van der Waals surface area contributed by atoms with Crippen LogP contribution in [0, 0.1) is 17.2 Å². The third kappa shape index (κ3) is 5.12. The predicted octanol–water partition coefficient (Wildman–Crippen LogP) is 3.58. The molecule has 0 aliphatic rings. The van der Waals surface area contributed by atoms with Crippen molar-refractivity contribution in [2.75, 3.05) is 11.9 Å². The summed E-state index contributed by atoms with van der Waals surface area (Å²) in [6.45, 7) is 4.47. The molecule has 0 fully saturated rings. The van der Waals surface area contributed by atoms with Crippen molar-refractivity contribution in [3.05, 3.63) is 40.0 Å². The van der Waals surface area contributed by atoms with Gasteiger partial charge in [0.05, 0.1) is 10.0 Å². The maximum absolute atomic E-state index is 11.7. The summed E-state index contributed by atoms with van der Waals surface area (Å²) in [5, 5.41) is 15.3. The van der Waals surface area contributed by atoms with Crippen LogP contribution in [0.25, 0.3) is 0 Å². The van der Waals surface area contributed by atoms with E-state index in [0.29, 0.717) is 28.2 Å². The Hall–Kier alpha value is -1.70. The maximum Gasteiger partial charge on any atom is 0.263 e. The highest BCUT2D eigenvalue weighted by Crippen LogP contribution is 2.25. The molecule has 20 heavy (non-hydrogen) atoms. The predicted molar refractivity (Wildman–Crippen MR) is 81.6 cm³/mol. The molecule has 1 aromatic carbocycles. The van der Waals surface area contributed by atoms with Crippen molar-refractivity contribution in [1.82, 2.24) is 5.32 Å². The largest absolute Gasteiger partial charge is 0.360 e. The molecule has 0 aliphatic heterocycles. The molecule has 0 saturated heterocycles. The van der Waals surface area contributed by atoms with Gasteiger partial charge in [-0.3, -0.25) is 4.79 Å².